The van der Waals surface area contributed by atoms with Crippen LogP contribution in [0.4, 0.5) is 23.1 Å². The van der Waals surface area contributed by atoms with Crippen molar-refractivity contribution in [3.63, 3.8) is 0 Å². The molecule has 2 N–H and O–H groups in total. The largest absolute Gasteiger partial charge is 0.372 e. The van der Waals surface area contributed by atoms with E-state index in [0.717, 1.165) is 24.5 Å². The highest BCUT2D eigenvalue weighted by Crippen LogP contribution is 2.23. The molecule has 0 atom stereocenters. The van der Waals surface area contributed by atoms with Gasteiger partial charge >= 0.3 is 0 Å². The molecule has 7 nitrogen and oxygen atoms in total. The molecule has 2 aromatic heterocycles. The zero-order valence-corrected chi connectivity index (χ0v) is 14.5. The van der Waals surface area contributed by atoms with Crippen LogP contribution in [-0.4, -0.2) is 33.3 Å². The molecule has 26 heavy (non-hydrogen) atoms. The third kappa shape index (κ3) is 4.05. The molecule has 0 bridgehead atoms. The lowest BCUT2D eigenvalue weighted by Crippen LogP contribution is -2.17. The number of nitrogens with zero attached hydrogens (tertiary/aromatic N) is 5. The number of nitrogens with one attached hydrogen (secondary N) is 2. The van der Waals surface area contributed by atoms with Crippen LogP contribution in [-0.2, 0) is 6.54 Å². The highest BCUT2D eigenvalue weighted by molar-refractivity contribution is 5.59. The molecule has 1 aromatic carbocycles. The second-order valence-corrected chi connectivity index (χ2v) is 6.21. The zero-order chi connectivity index (χ0) is 17.6. The normalized spacial score (nSPS) is 13.6. The Hall–Kier alpha value is -3.22. The van der Waals surface area contributed by atoms with Gasteiger partial charge in [-0.05, 0) is 49.2 Å². The van der Waals surface area contributed by atoms with Gasteiger partial charge in [0.15, 0.2) is 5.82 Å². The quantitative estimate of drug-likeness (QED) is 0.709. The third-order valence-electron chi connectivity index (χ3n) is 4.33. The monoisotopic (exact) mass is 347 g/mol. The molecule has 3 heterocycles. The minimum atomic E-state index is 0.463. The summed E-state index contributed by atoms with van der Waals surface area (Å²) in [6, 6.07) is 14.2. The van der Waals surface area contributed by atoms with Crippen molar-refractivity contribution in [2.24, 2.45) is 0 Å². The van der Waals surface area contributed by atoms with E-state index in [0.29, 0.717) is 18.3 Å². The Labute approximate surface area is 152 Å². The van der Waals surface area contributed by atoms with Gasteiger partial charge in [-0.3, -0.25) is 4.98 Å². The van der Waals surface area contributed by atoms with Crippen LogP contribution in [0.25, 0.3) is 0 Å². The van der Waals surface area contributed by atoms with Crippen LogP contribution in [0.5, 0.6) is 0 Å². The van der Waals surface area contributed by atoms with E-state index in [1.54, 1.807) is 12.4 Å². The number of anilines is 4. The Morgan fingerprint density at radius 3 is 2.62 bits per heavy atom. The summed E-state index contributed by atoms with van der Waals surface area (Å²) in [6.07, 6.45) is 5.92. The lowest BCUT2D eigenvalue weighted by molar-refractivity contribution is 0.949. The fourth-order valence-electron chi connectivity index (χ4n) is 2.99. The van der Waals surface area contributed by atoms with E-state index in [1.807, 2.05) is 30.3 Å². The molecular formula is C19H21N7. The van der Waals surface area contributed by atoms with Crippen molar-refractivity contribution >= 4 is 23.1 Å². The molecule has 1 aliphatic heterocycles. The minimum absolute atomic E-state index is 0.463. The molecule has 0 amide bonds. The average Bonchev–Trinajstić information content (AvgIpc) is 3.23. The van der Waals surface area contributed by atoms with Gasteiger partial charge in [0.25, 0.3) is 0 Å². The van der Waals surface area contributed by atoms with E-state index in [2.05, 4.69) is 47.8 Å². The van der Waals surface area contributed by atoms with Crippen molar-refractivity contribution in [3.05, 3.63) is 60.6 Å². The SMILES string of the molecule is c1ccc(CNc2cnnc(Nc3ccc(N4CCCC4)cc3)n2)nc1. The van der Waals surface area contributed by atoms with E-state index in [-0.39, 0.29) is 0 Å². The summed E-state index contributed by atoms with van der Waals surface area (Å²) in [6.45, 7) is 2.87. The van der Waals surface area contributed by atoms with Gasteiger partial charge in [-0.1, -0.05) is 6.07 Å². The number of hydrogen-bond acceptors (Lipinski definition) is 7. The summed E-state index contributed by atoms with van der Waals surface area (Å²) >= 11 is 0. The smallest absolute Gasteiger partial charge is 0.249 e. The van der Waals surface area contributed by atoms with Gasteiger partial charge in [-0.25, -0.2) is 0 Å². The Morgan fingerprint density at radius 2 is 1.85 bits per heavy atom. The van der Waals surface area contributed by atoms with Crippen LogP contribution >= 0.6 is 0 Å². The predicted octanol–water partition coefficient (Wildman–Crippen LogP) is 3.22. The lowest BCUT2D eigenvalue weighted by atomic mass is 10.2. The summed E-state index contributed by atoms with van der Waals surface area (Å²) in [7, 11) is 0. The summed E-state index contributed by atoms with van der Waals surface area (Å²) in [5, 5.41) is 14.5. The standard InChI is InChI=1S/C19H21N7/c1-2-10-20-16(5-1)13-21-18-14-22-25-19(24-18)23-15-6-8-17(9-7-15)26-11-3-4-12-26/h1-2,5-10,14H,3-4,11-13H2,(H2,21,23,24,25). The first kappa shape index (κ1) is 16.3. The Kier molecular flexibility index (Phi) is 4.86. The Morgan fingerprint density at radius 1 is 1.00 bits per heavy atom. The van der Waals surface area contributed by atoms with E-state index >= 15 is 0 Å². The third-order valence-corrected chi connectivity index (χ3v) is 4.33. The van der Waals surface area contributed by atoms with E-state index in [9.17, 15) is 0 Å². The highest BCUT2D eigenvalue weighted by atomic mass is 15.3. The number of pyridine rings is 1. The molecule has 4 rings (SSSR count). The molecule has 0 saturated carbocycles. The van der Waals surface area contributed by atoms with Gasteiger partial charge in [0.1, 0.15) is 0 Å². The summed E-state index contributed by atoms with van der Waals surface area (Å²) < 4.78 is 0. The number of rotatable bonds is 6. The molecule has 7 heteroatoms. The topological polar surface area (TPSA) is 78.9 Å². The molecule has 132 valence electrons. The summed E-state index contributed by atoms with van der Waals surface area (Å²) in [4.78, 5) is 11.1. The number of aromatic nitrogens is 4. The van der Waals surface area contributed by atoms with Gasteiger partial charge in [-0.15, -0.1) is 5.10 Å². The predicted molar refractivity (Wildman–Crippen MR) is 103 cm³/mol. The number of hydrogen-bond donors (Lipinski definition) is 2. The van der Waals surface area contributed by atoms with Crippen LogP contribution in [0.2, 0.25) is 0 Å². The first-order chi connectivity index (χ1) is 12.9. The minimum Gasteiger partial charge on any atom is -0.372 e. The van der Waals surface area contributed by atoms with Gasteiger partial charge in [0, 0.05) is 30.7 Å². The molecule has 0 unspecified atom stereocenters. The van der Waals surface area contributed by atoms with Crippen LogP contribution in [0.3, 0.4) is 0 Å². The van der Waals surface area contributed by atoms with E-state index in [1.165, 1.54) is 18.5 Å². The molecule has 3 aromatic rings. The fourth-order valence-corrected chi connectivity index (χ4v) is 2.99. The fraction of sp³-hybridized carbons (Fsp3) is 0.263. The molecule has 0 aliphatic carbocycles. The van der Waals surface area contributed by atoms with Gasteiger partial charge in [0.2, 0.25) is 5.95 Å². The number of benzene rings is 1. The van der Waals surface area contributed by atoms with Crippen molar-refractivity contribution in [2.45, 2.75) is 19.4 Å². The maximum atomic E-state index is 4.45. The highest BCUT2D eigenvalue weighted by Gasteiger charge is 2.12. The van der Waals surface area contributed by atoms with Crippen molar-refractivity contribution < 1.29 is 0 Å². The molecular weight excluding hydrogens is 326 g/mol. The van der Waals surface area contributed by atoms with Crippen LogP contribution in [0.15, 0.2) is 54.9 Å². The zero-order valence-electron chi connectivity index (χ0n) is 14.5. The molecule has 0 spiro atoms. The Bertz CT molecular complexity index is 830. The molecule has 1 saturated heterocycles. The molecule has 1 aliphatic rings. The first-order valence-electron chi connectivity index (χ1n) is 8.82. The van der Waals surface area contributed by atoms with Gasteiger partial charge in [0.05, 0.1) is 18.4 Å². The van der Waals surface area contributed by atoms with Crippen LogP contribution < -0.4 is 15.5 Å². The Balaban J connectivity index is 1.38. The van der Waals surface area contributed by atoms with Gasteiger partial charge < -0.3 is 15.5 Å². The van der Waals surface area contributed by atoms with Crippen molar-refractivity contribution in [1.82, 2.24) is 20.2 Å². The second kappa shape index (κ2) is 7.77. The van der Waals surface area contributed by atoms with Crippen LogP contribution in [0, 0.1) is 0 Å². The summed E-state index contributed by atoms with van der Waals surface area (Å²) in [5.74, 6) is 1.12. The van der Waals surface area contributed by atoms with Crippen LogP contribution in [0.1, 0.15) is 18.5 Å². The maximum Gasteiger partial charge on any atom is 0.249 e. The first-order valence-corrected chi connectivity index (χ1v) is 8.82. The average molecular weight is 347 g/mol. The van der Waals surface area contributed by atoms with Gasteiger partial charge in [-0.2, -0.15) is 10.1 Å². The summed E-state index contributed by atoms with van der Waals surface area (Å²) in [5.41, 5.74) is 3.15. The van der Waals surface area contributed by atoms with Crippen molar-refractivity contribution in [3.8, 4) is 0 Å². The maximum absolute atomic E-state index is 4.45. The molecule has 0 radical (unpaired) electrons. The van der Waals surface area contributed by atoms with E-state index < -0.39 is 0 Å². The lowest BCUT2D eigenvalue weighted by Gasteiger charge is -2.17. The van der Waals surface area contributed by atoms with Crippen molar-refractivity contribution in [1.29, 1.82) is 0 Å². The molecule has 1 fully saturated rings. The van der Waals surface area contributed by atoms with E-state index in [4.69, 9.17) is 0 Å². The van der Waals surface area contributed by atoms with Crippen molar-refractivity contribution in [2.75, 3.05) is 28.6 Å². The second-order valence-electron chi connectivity index (χ2n) is 6.21.